The Morgan fingerprint density at radius 1 is 1.56 bits per heavy atom. The van der Waals surface area contributed by atoms with Crippen LogP contribution in [0.5, 0.6) is 0 Å². The molecule has 0 aliphatic heterocycles. The third-order valence-electron chi connectivity index (χ3n) is 2.30. The smallest absolute Gasteiger partial charge is 0.333 e. The molecule has 86 valence electrons. The van der Waals surface area contributed by atoms with Crippen LogP contribution in [0.1, 0.15) is 12.8 Å². The topological polar surface area (TPSA) is 66.1 Å². The monoisotopic (exact) mass is 332 g/mol. The molecule has 5 nitrogen and oxygen atoms in total. The van der Waals surface area contributed by atoms with Crippen molar-refractivity contribution < 1.29 is 4.79 Å². The average molecular weight is 332 g/mol. The lowest BCUT2D eigenvalue weighted by molar-refractivity contribution is 0.242. The number of hydrogen-bond donors (Lipinski definition) is 3. The fraction of sp³-hybridized carbons (Fsp3) is 0.400. The summed E-state index contributed by atoms with van der Waals surface area (Å²) in [7, 11) is 0. The number of anilines is 1. The molecule has 1 heterocycles. The first-order valence-electron chi connectivity index (χ1n) is 5.16. The predicted molar refractivity (Wildman–Crippen MR) is 69.8 cm³/mol. The normalized spacial score (nSPS) is 14.3. The SMILES string of the molecule is O=C(NCC1CC1)NNc1ncccc1I. The molecule has 1 saturated carbocycles. The van der Waals surface area contributed by atoms with E-state index in [4.69, 9.17) is 0 Å². The van der Waals surface area contributed by atoms with Gasteiger partial charge < -0.3 is 5.32 Å². The Hall–Kier alpha value is -1.05. The van der Waals surface area contributed by atoms with Gasteiger partial charge in [-0.1, -0.05) is 0 Å². The number of aromatic nitrogens is 1. The summed E-state index contributed by atoms with van der Waals surface area (Å²) in [5.74, 6) is 1.34. The predicted octanol–water partition coefficient (Wildman–Crippen LogP) is 1.72. The van der Waals surface area contributed by atoms with E-state index in [1.54, 1.807) is 6.20 Å². The van der Waals surface area contributed by atoms with E-state index in [2.05, 4.69) is 43.7 Å². The van der Waals surface area contributed by atoms with Crippen LogP contribution in [-0.4, -0.2) is 17.6 Å². The van der Waals surface area contributed by atoms with E-state index in [9.17, 15) is 4.79 Å². The standard InChI is InChI=1S/C10H13IN4O/c11-8-2-1-5-12-9(8)14-15-10(16)13-6-7-3-4-7/h1-2,5,7H,3-4,6H2,(H,12,14)(H2,13,15,16). The minimum atomic E-state index is -0.214. The largest absolute Gasteiger partial charge is 0.336 e. The fourth-order valence-electron chi connectivity index (χ4n) is 1.20. The van der Waals surface area contributed by atoms with Crippen LogP contribution in [0.2, 0.25) is 0 Å². The summed E-state index contributed by atoms with van der Waals surface area (Å²) >= 11 is 2.15. The second kappa shape index (κ2) is 5.33. The van der Waals surface area contributed by atoms with Crippen LogP contribution in [0, 0.1) is 9.49 Å². The Bertz CT molecular complexity index is 381. The fourth-order valence-corrected chi connectivity index (χ4v) is 1.68. The molecule has 1 aromatic rings. The van der Waals surface area contributed by atoms with E-state index in [1.807, 2.05) is 12.1 Å². The van der Waals surface area contributed by atoms with Gasteiger partial charge in [0, 0.05) is 12.7 Å². The molecule has 2 amide bonds. The highest BCUT2D eigenvalue weighted by Crippen LogP contribution is 2.27. The highest BCUT2D eigenvalue weighted by molar-refractivity contribution is 14.1. The Balaban J connectivity index is 1.73. The van der Waals surface area contributed by atoms with Gasteiger partial charge in [-0.2, -0.15) is 0 Å². The number of hydrazine groups is 1. The van der Waals surface area contributed by atoms with Crippen LogP contribution in [-0.2, 0) is 0 Å². The third kappa shape index (κ3) is 3.51. The van der Waals surface area contributed by atoms with E-state index in [0.29, 0.717) is 11.7 Å². The summed E-state index contributed by atoms with van der Waals surface area (Å²) in [5, 5.41) is 2.79. The van der Waals surface area contributed by atoms with Crippen molar-refractivity contribution >= 4 is 34.4 Å². The summed E-state index contributed by atoms with van der Waals surface area (Å²) in [5.41, 5.74) is 5.33. The lowest BCUT2D eigenvalue weighted by Gasteiger charge is -2.09. The van der Waals surface area contributed by atoms with Gasteiger partial charge in [-0.25, -0.2) is 9.78 Å². The first-order valence-corrected chi connectivity index (χ1v) is 6.24. The zero-order valence-electron chi connectivity index (χ0n) is 8.66. The molecule has 1 fully saturated rings. The number of hydrogen-bond acceptors (Lipinski definition) is 3. The van der Waals surface area contributed by atoms with Crippen molar-refractivity contribution in [1.29, 1.82) is 0 Å². The van der Waals surface area contributed by atoms with Gasteiger partial charge in [0.05, 0.1) is 3.57 Å². The van der Waals surface area contributed by atoms with E-state index in [0.717, 1.165) is 10.1 Å². The van der Waals surface area contributed by atoms with Crippen molar-refractivity contribution in [3.05, 3.63) is 21.9 Å². The van der Waals surface area contributed by atoms with E-state index >= 15 is 0 Å². The van der Waals surface area contributed by atoms with Crippen LogP contribution >= 0.6 is 22.6 Å². The summed E-state index contributed by atoms with van der Waals surface area (Å²) in [6, 6.07) is 3.55. The highest BCUT2D eigenvalue weighted by atomic mass is 127. The number of nitrogens with one attached hydrogen (secondary N) is 3. The molecule has 1 aromatic heterocycles. The highest BCUT2D eigenvalue weighted by Gasteiger charge is 2.21. The Morgan fingerprint density at radius 3 is 3.06 bits per heavy atom. The minimum absolute atomic E-state index is 0.214. The number of nitrogens with zero attached hydrogens (tertiary/aromatic N) is 1. The van der Waals surface area contributed by atoms with Crippen LogP contribution < -0.4 is 16.2 Å². The number of halogens is 1. The summed E-state index contributed by atoms with van der Waals surface area (Å²) in [6.45, 7) is 0.757. The Kier molecular flexibility index (Phi) is 3.81. The molecule has 0 bridgehead atoms. The van der Waals surface area contributed by atoms with Gasteiger partial charge in [0.2, 0.25) is 0 Å². The van der Waals surface area contributed by atoms with E-state index < -0.39 is 0 Å². The number of amides is 2. The van der Waals surface area contributed by atoms with Crippen molar-refractivity contribution in [3.63, 3.8) is 0 Å². The molecule has 0 unspecified atom stereocenters. The molecule has 16 heavy (non-hydrogen) atoms. The van der Waals surface area contributed by atoms with Crippen molar-refractivity contribution in [3.8, 4) is 0 Å². The molecule has 6 heteroatoms. The maximum atomic E-state index is 11.3. The summed E-state index contributed by atoms with van der Waals surface area (Å²) in [6.07, 6.45) is 4.13. The van der Waals surface area contributed by atoms with Crippen molar-refractivity contribution in [1.82, 2.24) is 15.7 Å². The van der Waals surface area contributed by atoms with Crippen molar-refractivity contribution in [2.45, 2.75) is 12.8 Å². The first kappa shape index (κ1) is 11.4. The number of carbonyl (C=O) groups excluding carboxylic acids is 1. The van der Waals surface area contributed by atoms with Gasteiger partial charge in [-0.15, -0.1) is 0 Å². The minimum Gasteiger partial charge on any atom is -0.336 e. The molecule has 3 N–H and O–H groups in total. The molecular weight excluding hydrogens is 319 g/mol. The molecular formula is C10H13IN4O. The Morgan fingerprint density at radius 2 is 2.38 bits per heavy atom. The molecule has 1 aliphatic rings. The van der Waals surface area contributed by atoms with E-state index in [1.165, 1.54) is 12.8 Å². The summed E-state index contributed by atoms with van der Waals surface area (Å²) < 4.78 is 0.961. The molecule has 2 rings (SSSR count). The van der Waals surface area contributed by atoms with Crippen LogP contribution in [0.4, 0.5) is 10.6 Å². The molecule has 0 spiro atoms. The van der Waals surface area contributed by atoms with Gasteiger partial charge in [0.1, 0.15) is 0 Å². The van der Waals surface area contributed by atoms with Gasteiger partial charge in [0.15, 0.2) is 5.82 Å². The van der Waals surface area contributed by atoms with Crippen molar-refractivity contribution in [2.24, 2.45) is 5.92 Å². The molecule has 0 radical (unpaired) electrons. The van der Waals surface area contributed by atoms with Crippen LogP contribution in [0.25, 0.3) is 0 Å². The lowest BCUT2D eigenvalue weighted by atomic mass is 10.4. The maximum absolute atomic E-state index is 11.3. The number of pyridine rings is 1. The molecule has 0 saturated heterocycles. The van der Waals surface area contributed by atoms with Gasteiger partial charge >= 0.3 is 6.03 Å². The lowest BCUT2D eigenvalue weighted by Crippen LogP contribution is -2.40. The van der Waals surface area contributed by atoms with Gasteiger partial charge in [-0.05, 0) is 53.5 Å². The zero-order valence-corrected chi connectivity index (χ0v) is 10.8. The van der Waals surface area contributed by atoms with E-state index in [-0.39, 0.29) is 6.03 Å². The van der Waals surface area contributed by atoms with Crippen molar-refractivity contribution in [2.75, 3.05) is 12.0 Å². The number of urea groups is 1. The zero-order chi connectivity index (χ0) is 11.4. The maximum Gasteiger partial charge on any atom is 0.333 e. The molecule has 0 atom stereocenters. The quantitative estimate of drug-likeness (QED) is 0.581. The van der Waals surface area contributed by atoms with Gasteiger partial charge in [-0.3, -0.25) is 10.9 Å². The van der Waals surface area contributed by atoms with Gasteiger partial charge in [0.25, 0.3) is 0 Å². The molecule has 1 aliphatic carbocycles. The number of rotatable bonds is 4. The first-order chi connectivity index (χ1) is 7.75. The Labute approximate surface area is 108 Å². The molecule has 0 aromatic carbocycles. The van der Waals surface area contributed by atoms with Crippen LogP contribution in [0.15, 0.2) is 18.3 Å². The second-order valence-electron chi connectivity index (χ2n) is 3.74. The van der Waals surface area contributed by atoms with Crippen LogP contribution in [0.3, 0.4) is 0 Å². The average Bonchev–Trinajstić information content (AvgIpc) is 3.09. The number of carbonyl (C=O) groups is 1. The second-order valence-corrected chi connectivity index (χ2v) is 4.90. The summed E-state index contributed by atoms with van der Waals surface area (Å²) in [4.78, 5) is 15.4. The third-order valence-corrected chi connectivity index (χ3v) is 3.17.